The molecule has 0 heterocycles. The molecule has 0 radical (unpaired) electrons. The van der Waals surface area contributed by atoms with Gasteiger partial charge in [0, 0.05) is 7.05 Å². The van der Waals surface area contributed by atoms with Crippen LogP contribution in [0.4, 0.5) is 13.2 Å². The molecule has 0 unspecified atom stereocenters. The predicted molar refractivity (Wildman–Crippen MR) is 61.7 cm³/mol. The van der Waals surface area contributed by atoms with Crippen molar-refractivity contribution >= 4 is 29.5 Å². The number of alkyl halides is 3. The van der Waals surface area contributed by atoms with Crippen LogP contribution in [0, 0.1) is 0 Å². The molecule has 2 N–H and O–H groups in total. The molecule has 0 spiro atoms. The molecule has 0 aliphatic rings. The summed E-state index contributed by atoms with van der Waals surface area (Å²) in [4.78, 5) is 33.6. The van der Waals surface area contributed by atoms with E-state index in [0.29, 0.717) is 0 Å². The zero-order valence-corrected chi connectivity index (χ0v) is 10.8. The second-order valence-electron chi connectivity index (χ2n) is 3.53. The zero-order chi connectivity index (χ0) is 15.1. The number of carbonyl (C=O) groups excluding carboxylic acids is 2. The summed E-state index contributed by atoms with van der Waals surface area (Å²) in [6.45, 7) is -1.97. The zero-order valence-electron chi connectivity index (χ0n) is 9.99. The van der Waals surface area contributed by atoms with Crippen molar-refractivity contribution in [3.63, 3.8) is 0 Å². The van der Waals surface area contributed by atoms with Gasteiger partial charge in [0.05, 0.1) is 18.1 Å². The van der Waals surface area contributed by atoms with Crippen LogP contribution in [0.5, 0.6) is 0 Å². The first-order valence-electron chi connectivity index (χ1n) is 4.99. The number of likely N-dealkylation sites (N-methyl/N-ethyl adjacent to an activating group) is 1. The standard InChI is InChI=1S/C9H13F3N2O4S/c1-14(7(16)3-19-4-8(17)18)2-6(15)13-5-9(10,11)12/h2-5H2,1H3,(H,13,15)(H,17,18). The van der Waals surface area contributed by atoms with Gasteiger partial charge in [-0.05, 0) is 0 Å². The molecule has 110 valence electrons. The van der Waals surface area contributed by atoms with Gasteiger partial charge in [-0.25, -0.2) is 0 Å². The molecule has 0 aromatic heterocycles. The number of hydrogen-bond acceptors (Lipinski definition) is 4. The van der Waals surface area contributed by atoms with Gasteiger partial charge in [-0.2, -0.15) is 13.2 Å². The third-order valence-electron chi connectivity index (χ3n) is 1.74. The number of nitrogens with one attached hydrogen (secondary N) is 1. The molecule has 0 rings (SSSR count). The highest BCUT2D eigenvalue weighted by atomic mass is 32.2. The third kappa shape index (κ3) is 10.2. The van der Waals surface area contributed by atoms with Crippen molar-refractivity contribution in [3.05, 3.63) is 0 Å². The Kier molecular flexibility index (Phi) is 7.27. The van der Waals surface area contributed by atoms with E-state index in [2.05, 4.69) is 0 Å². The lowest BCUT2D eigenvalue weighted by atomic mass is 10.4. The Morgan fingerprint density at radius 3 is 2.32 bits per heavy atom. The van der Waals surface area contributed by atoms with Crippen LogP contribution in [0.3, 0.4) is 0 Å². The van der Waals surface area contributed by atoms with Crippen LogP contribution in [0.15, 0.2) is 0 Å². The first-order chi connectivity index (χ1) is 8.61. The Labute approximate surface area is 111 Å². The molecule has 0 bridgehead atoms. The second-order valence-corrected chi connectivity index (χ2v) is 4.51. The summed E-state index contributed by atoms with van der Waals surface area (Å²) >= 11 is 0.840. The molecule has 0 aliphatic carbocycles. The van der Waals surface area contributed by atoms with E-state index in [9.17, 15) is 27.6 Å². The minimum absolute atomic E-state index is 0.157. The van der Waals surface area contributed by atoms with Crippen LogP contribution in [-0.2, 0) is 14.4 Å². The van der Waals surface area contributed by atoms with Gasteiger partial charge in [0.1, 0.15) is 6.54 Å². The highest BCUT2D eigenvalue weighted by molar-refractivity contribution is 8.00. The van der Waals surface area contributed by atoms with Crippen molar-refractivity contribution in [1.82, 2.24) is 10.2 Å². The SMILES string of the molecule is CN(CC(=O)NCC(F)(F)F)C(=O)CSCC(=O)O. The van der Waals surface area contributed by atoms with E-state index in [4.69, 9.17) is 5.11 Å². The van der Waals surface area contributed by atoms with E-state index in [1.54, 1.807) is 5.32 Å². The van der Waals surface area contributed by atoms with Gasteiger partial charge < -0.3 is 15.3 Å². The molecule has 19 heavy (non-hydrogen) atoms. The van der Waals surface area contributed by atoms with Crippen LogP contribution in [0.1, 0.15) is 0 Å². The van der Waals surface area contributed by atoms with Crippen molar-refractivity contribution in [2.24, 2.45) is 0 Å². The number of amides is 2. The first kappa shape index (κ1) is 17.6. The Morgan fingerprint density at radius 2 is 1.84 bits per heavy atom. The van der Waals surface area contributed by atoms with Gasteiger partial charge in [-0.1, -0.05) is 0 Å². The topological polar surface area (TPSA) is 86.7 Å². The van der Waals surface area contributed by atoms with E-state index in [0.717, 1.165) is 16.7 Å². The largest absolute Gasteiger partial charge is 0.481 e. The average Bonchev–Trinajstić information content (AvgIpc) is 2.24. The Hall–Kier alpha value is -1.45. The number of nitrogens with zero attached hydrogens (tertiary/aromatic N) is 1. The summed E-state index contributed by atoms with van der Waals surface area (Å²) < 4.78 is 35.4. The molecule has 0 saturated heterocycles. The molecule has 10 heteroatoms. The highest BCUT2D eigenvalue weighted by Gasteiger charge is 2.28. The van der Waals surface area contributed by atoms with E-state index in [-0.39, 0.29) is 11.5 Å². The fourth-order valence-corrected chi connectivity index (χ4v) is 1.57. The molecule has 0 saturated carbocycles. The van der Waals surface area contributed by atoms with Crippen LogP contribution in [-0.4, -0.2) is 65.6 Å². The first-order valence-corrected chi connectivity index (χ1v) is 6.14. The van der Waals surface area contributed by atoms with E-state index in [1.165, 1.54) is 7.05 Å². The third-order valence-corrected chi connectivity index (χ3v) is 2.65. The summed E-state index contributed by atoms with van der Waals surface area (Å²) in [5.41, 5.74) is 0. The quantitative estimate of drug-likeness (QED) is 0.688. The lowest BCUT2D eigenvalue weighted by molar-refractivity contribution is -0.141. The van der Waals surface area contributed by atoms with Crippen molar-refractivity contribution in [3.8, 4) is 0 Å². The molecule has 6 nitrogen and oxygen atoms in total. The molecule has 2 amide bonds. The number of rotatable bonds is 7. The monoisotopic (exact) mass is 302 g/mol. The maximum Gasteiger partial charge on any atom is 0.405 e. The number of carboxylic acids is 1. The van der Waals surface area contributed by atoms with Crippen LogP contribution in [0.25, 0.3) is 0 Å². The van der Waals surface area contributed by atoms with Gasteiger partial charge in [-0.15, -0.1) is 11.8 Å². The normalized spacial score (nSPS) is 10.9. The lowest BCUT2D eigenvalue weighted by Crippen LogP contribution is -2.42. The number of halogens is 3. The Bertz CT molecular complexity index is 349. The van der Waals surface area contributed by atoms with Crippen molar-refractivity contribution < 1.29 is 32.7 Å². The smallest absolute Gasteiger partial charge is 0.405 e. The molecule has 0 aromatic rings. The number of carbonyl (C=O) groups is 3. The minimum atomic E-state index is -4.50. The average molecular weight is 302 g/mol. The van der Waals surface area contributed by atoms with Crippen molar-refractivity contribution in [2.45, 2.75) is 6.18 Å². The van der Waals surface area contributed by atoms with Crippen LogP contribution >= 0.6 is 11.8 Å². The van der Waals surface area contributed by atoms with E-state index >= 15 is 0 Å². The van der Waals surface area contributed by atoms with Crippen LogP contribution < -0.4 is 5.32 Å². The molecular weight excluding hydrogens is 289 g/mol. The summed E-state index contributed by atoms with van der Waals surface area (Å²) in [5, 5.41) is 9.96. The van der Waals surface area contributed by atoms with Gasteiger partial charge in [0.25, 0.3) is 0 Å². The molecule has 0 atom stereocenters. The molecule has 0 aromatic carbocycles. The van der Waals surface area contributed by atoms with Gasteiger partial charge in [-0.3, -0.25) is 14.4 Å². The van der Waals surface area contributed by atoms with Gasteiger partial charge >= 0.3 is 12.1 Å². The molecular formula is C9H13F3N2O4S. The second kappa shape index (κ2) is 7.87. The summed E-state index contributed by atoms with van der Waals surface area (Å²) in [6, 6.07) is 0. The molecule has 0 aliphatic heterocycles. The maximum absolute atomic E-state index is 11.8. The van der Waals surface area contributed by atoms with Gasteiger partial charge in [0.15, 0.2) is 0 Å². The fraction of sp³-hybridized carbons (Fsp3) is 0.667. The number of carboxylic acid groups (broad SMARTS) is 1. The minimum Gasteiger partial charge on any atom is -0.481 e. The van der Waals surface area contributed by atoms with Gasteiger partial charge in [0.2, 0.25) is 11.8 Å². The lowest BCUT2D eigenvalue weighted by Gasteiger charge is -2.16. The Balaban J connectivity index is 3.94. The van der Waals surface area contributed by atoms with E-state index in [1.807, 2.05) is 0 Å². The number of hydrogen-bond donors (Lipinski definition) is 2. The van der Waals surface area contributed by atoms with Crippen molar-refractivity contribution in [1.29, 1.82) is 0 Å². The number of thioether (sulfide) groups is 1. The van der Waals surface area contributed by atoms with Crippen molar-refractivity contribution in [2.75, 3.05) is 31.6 Å². The summed E-state index contributed by atoms with van der Waals surface area (Å²) in [5.74, 6) is -2.97. The number of aliphatic carboxylic acids is 1. The Morgan fingerprint density at radius 1 is 1.26 bits per heavy atom. The highest BCUT2D eigenvalue weighted by Crippen LogP contribution is 2.12. The fourth-order valence-electron chi connectivity index (χ4n) is 0.894. The van der Waals surface area contributed by atoms with Crippen LogP contribution in [0.2, 0.25) is 0 Å². The van der Waals surface area contributed by atoms with E-state index < -0.39 is 37.0 Å². The molecule has 0 fully saturated rings. The summed E-state index contributed by atoms with van der Waals surface area (Å²) in [7, 11) is 1.25. The predicted octanol–water partition coefficient (Wildman–Crippen LogP) is -0.0589. The summed E-state index contributed by atoms with van der Waals surface area (Å²) in [6.07, 6.45) is -4.50. The maximum atomic E-state index is 11.8.